The van der Waals surface area contributed by atoms with Crippen LogP contribution in [0, 0.1) is 0 Å². The summed E-state index contributed by atoms with van der Waals surface area (Å²) in [5.41, 5.74) is 5.14. The number of primary amides is 1. The Kier molecular flexibility index (Phi) is 12.5. The smallest absolute Gasteiger partial charge is 0.219 e. The molecule has 1 amide bonds. The molecule has 4 atom stereocenters. The second-order valence-corrected chi connectivity index (χ2v) is 8.18. The van der Waals surface area contributed by atoms with Crippen molar-refractivity contribution in [1.29, 1.82) is 0 Å². The van der Waals surface area contributed by atoms with Gasteiger partial charge in [-0.15, -0.1) is 0 Å². The van der Waals surface area contributed by atoms with Gasteiger partial charge in [-0.3, -0.25) is 39.5 Å². The first-order chi connectivity index (χ1) is 14.7. The Balaban J connectivity index is 2.61. The Morgan fingerprint density at radius 1 is 1.10 bits per heavy atom. The van der Waals surface area contributed by atoms with Crippen LogP contribution in [0.1, 0.15) is 26.2 Å². The van der Waals surface area contributed by atoms with Gasteiger partial charge in [0.15, 0.2) is 11.6 Å². The molecule has 31 heavy (non-hydrogen) atoms. The highest BCUT2D eigenvalue weighted by Gasteiger charge is 2.38. The van der Waals surface area contributed by atoms with Gasteiger partial charge in [-0.05, 0) is 33.4 Å². The van der Waals surface area contributed by atoms with E-state index in [0.717, 1.165) is 0 Å². The Morgan fingerprint density at radius 3 is 2.32 bits per heavy atom. The minimum absolute atomic E-state index is 0.0173. The Bertz CT molecular complexity index is 678. The van der Waals surface area contributed by atoms with E-state index in [4.69, 9.17) is 5.73 Å². The summed E-state index contributed by atoms with van der Waals surface area (Å²) >= 11 is 8.09. The van der Waals surface area contributed by atoms with Gasteiger partial charge >= 0.3 is 0 Å². The maximum atomic E-state index is 12.7. The van der Waals surface area contributed by atoms with Gasteiger partial charge in [0.05, 0.1) is 36.5 Å². The predicted molar refractivity (Wildman–Crippen MR) is 123 cm³/mol. The van der Waals surface area contributed by atoms with E-state index in [1.807, 2.05) is 0 Å². The van der Waals surface area contributed by atoms with Gasteiger partial charge in [0.1, 0.15) is 0 Å². The molecule has 1 aliphatic rings. The lowest BCUT2D eigenvalue weighted by Gasteiger charge is -2.25. The third-order valence-corrected chi connectivity index (χ3v) is 5.98. The van der Waals surface area contributed by atoms with Crippen molar-refractivity contribution in [2.75, 3.05) is 38.3 Å². The number of rotatable bonds is 16. The van der Waals surface area contributed by atoms with Crippen LogP contribution in [-0.4, -0.2) is 96.4 Å². The van der Waals surface area contributed by atoms with Crippen molar-refractivity contribution >= 4 is 54.3 Å². The number of likely N-dealkylation sites (N-methyl/N-ethyl adjacent to an activating group) is 1. The average molecular weight is 476 g/mol. The van der Waals surface area contributed by atoms with Crippen LogP contribution in [0.5, 0.6) is 0 Å². The zero-order chi connectivity index (χ0) is 23.6. The Morgan fingerprint density at radius 2 is 1.77 bits per heavy atom. The van der Waals surface area contributed by atoms with E-state index < -0.39 is 41.6 Å². The summed E-state index contributed by atoms with van der Waals surface area (Å²) in [6, 6.07) is -2.63. The van der Waals surface area contributed by atoms with E-state index in [2.05, 4.69) is 41.2 Å². The third-order valence-electron chi connectivity index (χ3n) is 5.31. The van der Waals surface area contributed by atoms with Gasteiger partial charge in [0.2, 0.25) is 17.5 Å². The van der Waals surface area contributed by atoms with Gasteiger partial charge in [0.25, 0.3) is 0 Å². The molecule has 0 aromatic rings. The van der Waals surface area contributed by atoms with Crippen molar-refractivity contribution < 1.29 is 24.0 Å². The van der Waals surface area contributed by atoms with E-state index in [0.29, 0.717) is 25.1 Å². The second-order valence-electron chi connectivity index (χ2n) is 7.50. The number of nitrogens with one attached hydrogen (secondary N) is 3. The minimum atomic E-state index is -0.963. The molecule has 0 aromatic carbocycles. The molecule has 1 heterocycles. The molecular formula is C19H33N5O5S2. The number of ketones is 4. The van der Waals surface area contributed by atoms with Crippen molar-refractivity contribution in [2.45, 2.75) is 50.4 Å². The lowest BCUT2D eigenvalue weighted by molar-refractivity contribution is -0.141. The predicted octanol–water partition coefficient (Wildman–Crippen LogP) is -2.06. The second kappa shape index (κ2) is 14.0. The summed E-state index contributed by atoms with van der Waals surface area (Å²) in [7, 11) is 1.48. The van der Waals surface area contributed by atoms with Crippen molar-refractivity contribution in [3.8, 4) is 0 Å². The number of nitrogens with two attached hydrogens (primary N) is 1. The SMILES string of the molecule is CN[C@@H](CC(N)=O)C(=O)C(=O)[C@@H]1CCCN1CC(=O)[C@H](C)NCN[C@@H](CS)C(=O)CS. The fraction of sp³-hybridized carbons (Fsp3) is 0.737. The van der Waals surface area contributed by atoms with E-state index in [9.17, 15) is 24.0 Å². The molecule has 0 radical (unpaired) electrons. The molecule has 1 saturated heterocycles. The highest BCUT2D eigenvalue weighted by atomic mass is 32.1. The molecule has 176 valence electrons. The molecule has 0 bridgehead atoms. The molecule has 0 saturated carbocycles. The molecule has 1 aliphatic heterocycles. The molecule has 5 N–H and O–H groups in total. The van der Waals surface area contributed by atoms with E-state index in [-0.39, 0.29) is 37.0 Å². The lowest BCUT2D eigenvalue weighted by atomic mass is 9.98. The van der Waals surface area contributed by atoms with E-state index in [1.165, 1.54) is 7.05 Å². The van der Waals surface area contributed by atoms with Gasteiger partial charge in [0, 0.05) is 18.8 Å². The third kappa shape index (κ3) is 8.62. The Hall–Kier alpha value is -1.31. The average Bonchev–Trinajstić information content (AvgIpc) is 3.20. The summed E-state index contributed by atoms with van der Waals surface area (Å²) in [4.78, 5) is 62.3. The van der Waals surface area contributed by atoms with Crippen LogP contribution in [0.2, 0.25) is 0 Å². The molecule has 1 fully saturated rings. The molecule has 0 spiro atoms. The first-order valence-electron chi connectivity index (χ1n) is 10.2. The molecule has 0 unspecified atom stereocenters. The maximum absolute atomic E-state index is 12.7. The topological polar surface area (TPSA) is 151 Å². The number of hydrogen-bond donors (Lipinski definition) is 6. The molecule has 12 heteroatoms. The summed E-state index contributed by atoms with van der Waals surface area (Å²) in [5.74, 6) is -1.80. The van der Waals surface area contributed by atoms with Gasteiger partial charge < -0.3 is 11.1 Å². The van der Waals surface area contributed by atoms with E-state index in [1.54, 1.807) is 11.8 Å². The highest BCUT2D eigenvalue weighted by molar-refractivity contribution is 7.81. The maximum Gasteiger partial charge on any atom is 0.219 e. The van der Waals surface area contributed by atoms with Crippen LogP contribution in [0.4, 0.5) is 0 Å². The number of nitrogens with zero attached hydrogens (tertiary/aromatic N) is 1. The van der Waals surface area contributed by atoms with Crippen LogP contribution in [0.25, 0.3) is 0 Å². The fourth-order valence-electron chi connectivity index (χ4n) is 3.35. The van der Waals surface area contributed by atoms with Gasteiger partial charge in [-0.1, -0.05) is 0 Å². The molecule has 1 rings (SSSR count). The lowest BCUT2D eigenvalue weighted by Crippen LogP contribution is -2.51. The molecule has 0 aliphatic carbocycles. The van der Waals surface area contributed by atoms with Crippen LogP contribution in [0.15, 0.2) is 0 Å². The van der Waals surface area contributed by atoms with Crippen molar-refractivity contribution in [3.05, 3.63) is 0 Å². The fourth-order valence-corrected chi connectivity index (χ4v) is 3.90. The number of likely N-dealkylation sites (tertiary alicyclic amines) is 1. The highest BCUT2D eigenvalue weighted by Crippen LogP contribution is 2.19. The zero-order valence-electron chi connectivity index (χ0n) is 17.9. The number of carbonyl (C=O) groups excluding carboxylic acids is 5. The quantitative estimate of drug-likeness (QED) is 0.0841. The van der Waals surface area contributed by atoms with Crippen molar-refractivity contribution in [2.24, 2.45) is 5.73 Å². The zero-order valence-corrected chi connectivity index (χ0v) is 19.7. The first-order valence-corrected chi connectivity index (χ1v) is 11.4. The van der Waals surface area contributed by atoms with Gasteiger partial charge in [-0.2, -0.15) is 25.3 Å². The van der Waals surface area contributed by atoms with Crippen LogP contribution < -0.4 is 21.7 Å². The molecule has 0 aromatic heterocycles. The minimum Gasteiger partial charge on any atom is -0.370 e. The van der Waals surface area contributed by atoms with E-state index >= 15 is 0 Å². The summed E-state index contributed by atoms with van der Waals surface area (Å²) in [6.07, 6.45) is 0.906. The normalized spacial score (nSPS) is 19.5. The molecular weight excluding hydrogens is 442 g/mol. The standard InChI is InChI=1S/C19H33N5O5S2/c1-11(22-10-23-13(8-30)16(26)9-31)15(25)7-24-5-3-4-14(24)19(29)18(28)12(21-2)6-17(20)27/h11-14,21-23,30-31H,3-10H2,1-2H3,(H2,20,27)/t11-,12-,13-,14-/m0/s1. The van der Waals surface area contributed by atoms with Gasteiger partial charge in [-0.25, -0.2) is 0 Å². The molecule has 10 nitrogen and oxygen atoms in total. The Labute approximate surface area is 193 Å². The number of carbonyl (C=O) groups is 5. The summed E-state index contributed by atoms with van der Waals surface area (Å²) in [6.45, 7) is 2.47. The summed E-state index contributed by atoms with van der Waals surface area (Å²) < 4.78 is 0. The largest absolute Gasteiger partial charge is 0.370 e. The number of hydrogen-bond acceptors (Lipinski definition) is 11. The van der Waals surface area contributed by atoms with Crippen LogP contribution in [-0.2, 0) is 24.0 Å². The number of Topliss-reactive ketones (excluding diaryl/α,β-unsaturated/α-hetero) is 4. The monoisotopic (exact) mass is 475 g/mol. The van der Waals surface area contributed by atoms with Crippen molar-refractivity contribution in [3.63, 3.8) is 0 Å². The van der Waals surface area contributed by atoms with Crippen LogP contribution >= 0.6 is 25.3 Å². The first kappa shape index (κ1) is 27.7. The van der Waals surface area contributed by atoms with Crippen LogP contribution in [0.3, 0.4) is 0 Å². The summed E-state index contributed by atoms with van der Waals surface area (Å²) in [5, 5.41) is 8.64. The number of amides is 1. The van der Waals surface area contributed by atoms with Crippen molar-refractivity contribution in [1.82, 2.24) is 20.9 Å². The number of thiol groups is 2.